The van der Waals surface area contributed by atoms with Crippen LogP contribution in [0.25, 0.3) is 0 Å². The minimum Gasteiger partial charge on any atom is -0.456 e. The van der Waals surface area contributed by atoms with Gasteiger partial charge in [-0.2, -0.15) is 0 Å². The molecule has 170 valence electrons. The van der Waals surface area contributed by atoms with Gasteiger partial charge in [-0.15, -0.1) is 0 Å². The Hall–Kier alpha value is -2.69. The van der Waals surface area contributed by atoms with Crippen LogP contribution < -0.4 is 5.32 Å². The molecule has 0 spiro atoms. The van der Waals surface area contributed by atoms with Crippen molar-refractivity contribution in [1.29, 1.82) is 0 Å². The Morgan fingerprint density at radius 3 is 1.97 bits per heavy atom. The van der Waals surface area contributed by atoms with Gasteiger partial charge in [-0.25, -0.2) is 0 Å². The third-order valence-electron chi connectivity index (χ3n) is 4.30. The molecule has 1 aromatic carbocycles. The average Bonchev–Trinajstić information content (AvgIpc) is 2.67. The molecule has 1 heterocycles. The van der Waals surface area contributed by atoms with E-state index < -0.39 is 61.1 Å². The van der Waals surface area contributed by atoms with Gasteiger partial charge in [0.2, 0.25) is 5.91 Å². The molecular weight excluding hydrogens is 434 g/mol. The molecule has 5 atom stereocenters. The summed E-state index contributed by atoms with van der Waals surface area (Å²) in [5.41, 5.74) is 0.662. The van der Waals surface area contributed by atoms with E-state index in [1.165, 1.54) is 0 Å². The van der Waals surface area contributed by atoms with Crippen LogP contribution in [0.3, 0.4) is 0 Å². The number of carbonyl (C=O) groups excluding carboxylic acids is 4. The van der Waals surface area contributed by atoms with Crippen LogP contribution in [-0.4, -0.2) is 66.2 Å². The standard InChI is InChI=1S/C20H24ClNO9/c1-10(24)28-17-15(9-23)31-20(19(30-12(3)26)18(17)29-11(2)25)22-16(27)8-13-4-6-14(21)7-5-13/h4-7,15,17-20,23H,8-9H2,1-3H3,(H,22,27)/t15-,17-,18+,19-,20-/m1/s1. The molecule has 0 unspecified atom stereocenters. The molecule has 0 radical (unpaired) electrons. The van der Waals surface area contributed by atoms with E-state index in [1.807, 2.05) is 0 Å². The first-order valence-corrected chi connectivity index (χ1v) is 9.80. The molecule has 1 aliphatic rings. The van der Waals surface area contributed by atoms with Crippen molar-refractivity contribution in [3.63, 3.8) is 0 Å². The fourth-order valence-electron chi connectivity index (χ4n) is 3.16. The summed E-state index contributed by atoms with van der Waals surface area (Å²) in [7, 11) is 0. The van der Waals surface area contributed by atoms with E-state index in [2.05, 4.69) is 5.32 Å². The maximum atomic E-state index is 12.6. The Morgan fingerprint density at radius 1 is 0.935 bits per heavy atom. The van der Waals surface area contributed by atoms with Crippen LogP contribution in [0.15, 0.2) is 24.3 Å². The second-order valence-corrected chi connectivity index (χ2v) is 7.31. The van der Waals surface area contributed by atoms with Gasteiger partial charge in [-0.1, -0.05) is 23.7 Å². The van der Waals surface area contributed by atoms with Crippen LogP contribution in [0.2, 0.25) is 5.02 Å². The molecule has 2 rings (SSSR count). The Kier molecular flexibility index (Phi) is 8.78. The van der Waals surface area contributed by atoms with Crippen molar-refractivity contribution in [3.05, 3.63) is 34.9 Å². The van der Waals surface area contributed by atoms with Crippen molar-refractivity contribution in [2.75, 3.05) is 6.61 Å². The van der Waals surface area contributed by atoms with E-state index in [-0.39, 0.29) is 6.42 Å². The normalized spacial score (nSPS) is 25.3. The average molecular weight is 458 g/mol. The van der Waals surface area contributed by atoms with Gasteiger partial charge in [0.05, 0.1) is 13.0 Å². The molecule has 2 N–H and O–H groups in total. The van der Waals surface area contributed by atoms with Crippen molar-refractivity contribution >= 4 is 35.4 Å². The van der Waals surface area contributed by atoms with Crippen LogP contribution in [0.4, 0.5) is 0 Å². The predicted molar refractivity (Wildman–Crippen MR) is 106 cm³/mol. The first-order chi connectivity index (χ1) is 14.6. The molecule has 1 fully saturated rings. The highest BCUT2D eigenvalue weighted by Gasteiger charge is 2.52. The quantitative estimate of drug-likeness (QED) is 0.443. The second-order valence-electron chi connectivity index (χ2n) is 6.87. The number of carbonyl (C=O) groups is 4. The number of rotatable bonds is 7. The zero-order valence-electron chi connectivity index (χ0n) is 17.2. The van der Waals surface area contributed by atoms with Gasteiger partial charge in [0.15, 0.2) is 24.5 Å². The predicted octanol–water partition coefficient (Wildman–Crippen LogP) is 0.511. The third kappa shape index (κ3) is 7.20. The second kappa shape index (κ2) is 11.1. The molecule has 31 heavy (non-hydrogen) atoms. The molecule has 10 nitrogen and oxygen atoms in total. The first-order valence-electron chi connectivity index (χ1n) is 9.42. The Morgan fingerprint density at radius 2 is 1.45 bits per heavy atom. The summed E-state index contributed by atoms with van der Waals surface area (Å²) in [5, 5.41) is 12.8. The van der Waals surface area contributed by atoms with E-state index in [4.69, 9.17) is 30.5 Å². The molecule has 0 saturated carbocycles. The van der Waals surface area contributed by atoms with E-state index in [0.717, 1.165) is 20.8 Å². The van der Waals surface area contributed by atoms with Crippen LogP contribution >= 0.6 is 11.6 Å². The number of aliphatic hydroxyl groups excluding tert-OH is 1. The van der Waals surface area contributed by atoms with Gasteiger partial charge in [0.25, 0.3) is 0 Å². The summed E-state index contributed by atoms with van der Waals surface area (Å²) < 4.78 is 21.3. The molecule has 1 saturated heterocycles. The smallest absolute Gasteiger partial charge is 0.303 e. The van der Waals surface area contributed by atoms with Crippen LogP contribution in [0.5, 0.6) is 0 Å². The number of halogens is 1. The van der Waals surface area contributed by atoms with Crippen LogP contribution in [0, 0.1) is 0 Å². The van der Waals surface area contributed by atoms with Gasteiger partial charge >= 0.3 is 17.9 Å². The SMILES string of the molecule is CC(=O)O[C@@H]1[C@@H](OC(C)=O)[C@H](NC(=O)Cc2ccc(Cl)cc2)O[C@H](CO)[C@H]1OC(C)=O. The number of amides is 1. The maximum absolute atomic E-state index is 12.6. The Labute approximate surface area is 183 Å². The lowest BCUT2D eigenvalue weighted by atomic mass is 9.97. The molecule has 1 aliphatic heterocycles. The van der Waals surface area contributed by atoms with Crippen molar-refractivity contribution in [2.45, 2.75) is 57.8 Å². The lowest BCUT2D eigenvalue weighted by Crippen LogP contribution is -2.66. The number of ether oxygens (including phenoxy) is 4. The van der Waals surface area contributed by atoms with E-state index >= 15 is 0 Å². The topological polar surface area (TPSA) is 137 Å². The highest BCUT2D eigenvalue weighted by molar-refractivity contribution is 6.30. The largest absolute Gasteiger partial charge is 0.456 e. The van der Waals surface area contributed by atoms with E-state index in [9.17, 15) is 24.3 Å². The van der Waals surface area contributed by atoms with Crippen molar-refractivity contribution in [2.24, 2.45) is 0 Å². The summed E-state index contributed by atoms with van der Waals surface area (Å²) in [6, 6.07) is 6.60. The Balaban J connectivity index is 2.28. The number of hydrogen-bond donors (Lipinski definition) is 2. The monoisotopic (exact) mass is 457 g/mol. The zero-order valence-corrected chi connectivity index (χ0v) is 18.0. The lowest BCUT2D eigenvalue weighted by Gasteiger charge is -2.44. The summed E-state index contributed by atoms with van der Waals surface area (Å²) in [6.45, 7) is 2.75. The van der Waals surface area contributed by atoms with Gasteiger partial charge in [0, 0.05) is 25.8 Å². The highest BCUT2D eigenvalue weighted by atomic mass is 35.5. The maximum Gasteiger partial charge on any atom is 0.303 e. The molecule has 1 aromatic rings. The number of hydrogen-bond acceptors (Lipinski definition) is 9. The van der Waals surface area contributed by atoms with Gasteiger partial charge in [-0.3, -0.25) is 19.2 Å². The minimum atomic E-state index is -1.33. The minimum absolute atomic E-state index is 0.0424. The highest BCUT2D eigenvalue weighted by Crippen LogP contribution is 2.28. The fourth-order valence-corrected chi connectivity index (χ4v) is 3.28. The van der Waals surface area contributed by atoms with Crippen molar-refractivity contribution < 1.29 is 43.2 Å². The number of aliphatic hydroxyl groups is 1. The molecule has 11 heteroatoms. The molecule has 0 aliphatic carbocycles. The third-order valence-corrected chi connectivity index (χ3v) is 4.55. The van der Waals surface area contributed by atoms with Gasteiger partial charge < -0.3 is 29.4 Å². The van der Waals surface area contributed by atoms with Crippen molar-refractivity contribution in [3.8, 4) is 0 Å². The molecular formula is C20H24ClNO9. The van der Waals surface area contributed by atoms with Crippen LogP contribution in [-0.2, 0) is 44.5 Å². The molecule has 1 amide bonds. The van der Waals surface area contributed by atoms with Crippen molar-refractivity contribution in [1.82, 2.24) is 5.32 Å². The lowest BCUT2D eigenvalue weighted by molar-refractivity contribution is -0.255. The number of esters is 3. The van der Waals surface area contributed by atoms with Gasteiger partial charge in [-0.05, 0) is 17.7 Å². The summed E-state index contributed by atoms with van der Waals surface area (Å²) in [6.07, 6.45) is -6.39. The van der Waals surface area contributed by atoms with Gasteiger partial charge in [0.1, 0.15) is 6.10 Å². The number of nitrogens with one attached hydrogen (secondary N) is 1. The summed E-state index contributed by atoms with van der Waals surface area (Å²) >= 11 is 5.84. The first kappa shape index (κ1) is 24.6. The zero-order chi connectivity index (χ0) is 23.1. The van der Waals surface area contributed by atoms with Crippen LogP contribution in [0.1, 0.15) is 26.3 Å². The summed E-state index contributed by atoms with van der Waals surface area (Å²) in [4.78, 5) is 47.4. The van der Waals surface area contributed by atoms with E-state index in [1.54, 1.807) is 24.3 Å². The van der Waals surface area contributed by atoms with E-state index in [0.29, 0.717) is 10.6 Å². The molecule has 0 aromatic heterocycles. The summed E-state index contributed by atoms with van der Waals surface area (Å²) in [5.74, 6) is -2.71. The fraction of sp³-hybridized carbons (Fsp3) is 0.500. The number of benzene rings is 1. The Bertz CT molecular complexity index is 813. The molecule has 0 bridgehead atoms.